The van der Waals surface area contributed by atoms with Crippen LogP contribution in [0.5, 0.6) is 11.8 Å². The van der Waals surface area contributed by atoms with E-state index >= 15 is 0 Å². The Morgan fingerprint density at radius 1 is 1.09 bits per heavy atom. The zero-order valence-corrected chi connectivity index (χ0v) is 20.4. The van der Waals surface area contributed by atoms with Crippen LogP contribution in [0.4, 0.5) is 0 Å². The molecule has 2 heterocycles. The molecule has 2 aromatic rings. The molecular weight excluding hydrogens is 400 g/mol. The van der Waals surface area contributed by atoms with Crippen molar-refractivity contribution in [1.29, 1.82) is 0 Å². The SMILES string of the molecule is C=C(Cc1cc(O)n(CCN2CCOC2c2ccccc2)c1O)CC(C)(C)CC(C)(C)C. The van der Waals surface area contributed by atoms with Gasteiger partial charge in [-0.15, -0.1) is 0 Å². The van der Waals surface area contributed by atoms with Crippen LogP contribution in [-0.4, -0.2) is 39.4 Å². The lowest BCUT2D eigenvalue weighted by Gasteiger charge is -2.33. The highest BCUT2D eigenvalue weighted by atomic mass is 16.5. The Morgan fingerprint density at radius 3 is 2.44 bits per heavy atom. The lowest BCUT2D eigenvalue weighted by Crippen LogP contribution is -2.27. The molecule has 2 N–H and O–H groups in total. The topological polar surface area (TPSA) is 57.9 Å². The van der Waals surface area contributed by atoms with E-state index in [9.17, 15) is 10.2 Å². The largest absolute Gasteiger partial charge is 0.494 e. The van der Waals surface area contributed by atoms with Gasteiger partial charge in [-0.3, -0.25) is 9.47 Å². The van der Waals surface area contributed by atoms with E-state index in [1.165, 1.54) is 0 Å². The van der Waals surface area contributed by atoms with E-state index < -0.39 is 0 Å². The first-order valence-electron chi connectivity index (χ1n) is 11.6. The monoisotopic (exact) mass is 440 g/mol. The molecule has 0 radical (unpaired) electrons. The molecular formula is C27H40N2O3. The van der Waals surface area contributed by atoms with Crippen molar-refractivity contribution in [3.8, 4) is 11.8 Å². The van der Waals surface area contributed by atoms with Gasteiger partial charge in [-0.25, -0.2) is 0 Å². The first kappa shape index (κ1) is 24.4. The Labute approximate surface area is 193 Å². The van der Waals surface area contributed by atoms with Crippen LogP contribution in [0.15, 0.2) is 48.6 Å². The molecule has 0 saturated carbocycles. The highest BCUT2D eigenvalue weighted by molar-refractivity contribution is 5.38. The summed E-state index contributed by atoms with van der Waals surface area (Å²) >= 11 is 0. The highest BCUT2D eigenvalue weighted by Gasteiger charge is 2.28. The number of aromatic hydroxyl groups is 2. The van der Waals surface area contributed by atoms with Crippen molar-refractivity contribution in [3.05, 3.63) is 59.7 Å². The Balaban J connectivity index is 1.62. The van der Waals surface area contributed by atoms with Crippen molar-refractivity contribution >= 4 is 0 Å². The Hall–Kier alpha value is -2.24. The third-order valence-electron chi connectivity index (χ3n) is 5.98. The van der Waals surface area contributed by atoms with Gasteiger partial charge in [-0.05, 0) is 35.7 Å². The number of hydrogen-bond donors (Lipinski definition) is 2. The predicted molar refractivity (Wildman–Crippen MR) is 130 cm³/mol. The summed E-state index contributed by atoms with van der Waals surface area (Å²) in [5.74, 6) is 0.226. The fourth-order valence-corrected chi connectivity index (χ4v) is 5.32. The summed E-state index contributed by atoms with van der Waals surface area (Å²) in [6.45, 7) is 18.3. The molecule has 1 unspecified atom stereocenters. The number of rotatable bonds is 9. The number of aromatic nitrogens is 1. The van der Waals surface area contributed by atoms with Crippen LogP contribution in [-0.2, 0) is 17.7 Å². The van der Waals surface area contributed by atoms with Crippen molar-refractivity contribution in [1.82, 2.24) is 9.47 Å². The minimum absolute atomic E-state index is 0.0830. The summed E-state index contributed by atoms with van der Waals surface area (Å²) in [5.41, 5.74) is 3.32. The van der Waals surface area contributed by atoms with Gasteiger partial charge in [0.1, 0.15) is 6.23 Å². The molecule has 1 aromatic heterocycles. The van der Waals surface area contributed by atoms with Crippen molar-refractivity contribution in [2.75, 3.05) is 19.7 Å². The van der Waals surface area contributed by atoms with E-state index in [0.717, 1.165) is 36.1 Å². The third kappa shape index (κ3) is 6.39. The molecule has 1 aliphatic heterocycles. The number of benzene rings is 1. The molecule has 0 spiro atoms. The Kier molecular flexibility index (Phi) is 7.41. The van der Waals surface area contributed by atoms with Gasteiger partial charge in [0.2, 0.25) is 0 Å². The third-order valence-corrected chi connectivity index (χ3v) is 5.98. The van der Waals surface area contributed by atoms with Gasteiger partial charge in [0.25, 0.3) is 0 Å². The lowest BCUT2D eigenvalue weighted by molar-refractivity contribution is 0.0306. The standard InChI is InChI=1S/C27H40N2O3/c1-20(18-27(5,6)19-26(2,3)4)16-22-17-23(30)29(24(22)31)13-12-28-14-15-32-25(28)21-10-8-7-9-11-21/h7-11,17,25,30-31H,1,12-16,18-19H2,2-6H3. The lowest BCUT2D eigenvalue weighted by atomic mass is 9.73. The second-order valence-electron chi connectivity index (χ2n) is 11.2. The summed E-state index contributed by atoms with van der Waals surface area (Å²) in [6, 6.07) is 11.8. The molecule has 0 aliphatic carbocycles. The fraction of sp³-hybridized carbons (Fsp3) is 0.556. The zero-order chi connectivity index (χ0) is 23.5. The summed E-state index contributed by atoms with van der Waals surface area (Å²) in [4.78, 5) is 2.24. The average Bonchev–Trinajstić information content (AvgIpc) is 3.23. The van der Waals surface area contributed by atoms with Gasteiger partial charge in [-0.1, -0.05) is 77.1 Å². The molecule has 1 aromatic carbocycles. The van der Waals surface area contributed by atoms with E-state index in [1.54, 1.807) is 10.6 Å². The van der Waals surface area contributed by atoms with Crippen LogP contribution in [0.1, 0.15) is 64.8 Å². The van der Waals surface area contributed by atoms with E-state index in [0.29, 0.717) is 26.1 Å². The Morgan fingerprint density at radius 2 is 1.78 bits per heavy atom. The molecule has 5 nitrogen and oxygen atoms in total. The van der Waals surface area contributed by atoms with Gasteiger partial charge in [0, 0.05) is 31.3 Å². The molecule has 3 rings (SSSR count). The number of ether oxygens (including phenoxy) is 1. The van der Waals surface area contributed by atoms with Gasteiger partial charge in [0.05, 0.1) is 6.61 Å². The van der Waals surface area contributed by atoms with Gasteiger partial charge in [-0.2, -0.15) is 0 Å². The maximum absolute atomic E-state index is 10.8. The molecule has 0 bridgehead atoms. The van der Waals surface area contributed by atoms with E-state index in [-0.39, 0.29) is 28.8 Å². The average molecular weight is 441 g/mol. The van der Waals surface area contributed by atoms with E-state index in [4.69, 9.17) is 4.74 Å². The second-order valence-corrected chi connectivity index (χ2v) is 11.2. The highest BCUT2D eigenvalue weighted by Crippen LogP contribution is 2.39. The van der Waals surface area contributed by atoms with Crippen LogP contribution in [0.3, 0.4) is 0 Å². The summed E-state index contributed by atoms with van der Waals surface area (Å²) in [6.07, 6.45) is 2.47. The molecule has 5 heteroatoms. The molecule has 176 valence electrons. The minimum atomic E-state index is -0.0830. The van der Waals surface area contributed by atoms with Gasteiger partial charge < -0.3 is 14.9 Å². The van der Waals surface area contributed by atoms with Crippen molar-refractivity contribution < 1.29 is 14.9 Å². The first-order valence-corrected chi connectivity index (χ1v) is 11.6. The van der Waals surface area contributed by atoms with Crippen LogP contribution in [0, 0.1) is 10.8 Å². The van der Waals surface area contributed by atoms with Crippen molar-refractivity contribution in [2.24, 2.45) is 10.8 Å². The van der Waals surface area contributed by atoms with Crippen molar-refractivity contribution in [2.45, 2.75) is 66.7 Å². The van der Waals surface area contributed by atoms with E-state index in [1.807, 2.05) is 18.2 Å². The quantitative estimate of drug-likeness (QED) is 0.478. The predicted octanol–water partition coefficient (Wildman–Crippen LogP) is 5.88. The molecule has 1 atom stereocenters. The maximum Gasteiger partial charge on any atom is 0.197 e. The van der Waals surface area contributed by atoms with E-state index in [2.05, 4.69) is 58.2 Å². The molecule has 1 fully saturated rings. The fourth-order valence-electron chi connectivity index (χ4n) is 5.32. The number of nitrogens with zero attached hydrogens (tertiary/aromatic N) is 2. The smallest absolute Gasteiger partial charge is 0.197 e. The summed E-state index contributed by atoms with van der Waals surface area (Å²) in [5, 5.41) is 21.3. The van der Waals surface area contributed by atoms with Crippen LogP contribution in [0.2, 0.25) is 0 Å². The summed E-state index contributed by atoms with van der Waals surface area (Å²) < 4.78 is 7.51. The van der Waals surface area contributed by atoms with Crippen LogP contribution in [0.25, 0.3) is 0 Å². The first-order chi connectivity index (χ1) is 15.0. The van der Waals surface area contributed by atoms with Crippen LogP contribution < -0.4 is 0 Å². The Bertz CT molecular complexity index is 909. The summed E-state index contributed by atoms with van der Waals surface area (Å²) in [7, 11) is 0. The normalized spacial score (nSPS) is 17.7. The minimum Gasteiger partial charge on any atom is -0.494 e. The zero-order valence-electron chi connectivity index (χ0n) is 20.4. The second kappa shape index (κ2) is 9.72. The number of allylic oxidation sites excluding steroid dienone is 1. The molecule has 1 aliphatic rings. The van der Waals surface area contributed by atoms with Gasteiger partial charge >= 0.3 is 0 Å². The van der Waals surface area contributed by atoms with Crippen LogP contribution >= 0.6 is 0 Å². The number of hydrogen-bond acceptors (Lipinski definition) is 4. The maximum atomic E-state index is 10.8. The molecule has 32 heavy (non-hydrogen) atoms. The van der Waals surface area contributed by atoms with Gasteiger partial charge in [0.15, 0.2) is 11.8 Å². The molecule has 0 amide bonds. The molecule has 1 saturated heterocycles. The van der Waals surface area contributed by atoms with Crippen molar-refractivity contribution in [3.63, 3.8) is 0 Å².